The van der Waals surface area contributed by atoms with Crippen LogP contribution in [0.1, 0.15) is 52.7 Å². The summed E-state index contributed by atoms with van der Waals surface area (Å²) in [4.78, 5) is 5.11. The van der Waals surface area contributed by atoms with Crippen molar-refractivity contribution in [1.29, 1.82) is 0 Å². The molecule has 0 unspecified atom stereocenters. The predicted octanol–water partition coefficient (Wildman–Crippen LogP) is 8.56. The van der Waals surface area contributed by atoms with Crippen molar-refractivity contribution < 1.29 is 0 Å². The monoisotopic (exact) mass is 432 g/mol. The second kappa shape index (κ2) is 6.70. The van der Waals surface area contributed by atoms with Crippen LogP contribution in [0, 0.1) is 10.8 Å². The standard InChI is InChI=1S/C31H32N2/c1-30(2,3)16-19-14-24-20(17-31(4,5)6)18-32-28-23-12-9-11-22-21-10-7-8-13-25(21)33(29(22)23)26(15-19)27(24)28/h7-15,18H,16-17H2,1-6H3. The topological polar surface area (TPSA) is 17.3 Å². The van der Waals surface area contributed by atoms with Gasteiger partial charge in [0.2, 0.25) is 0 Å². The average Bonchev–Trinajstić information content (AvgIpc) is 3.06. The van der Waals surface area contributed by atoms with Crippen molar-refractivity contribution in [2.24, 2.45) is 10.8 Å². The third-order valence-electron chi connectivity index (χ3n) is 6.76. The fourth-order valence-electron chi connectivity index (χ4n) is 5.73. The van der Waals surface area contributed by atoms with E-state index in [2.05, 4.69) is 107 Å². The minimum atomic E-state index is 0.200. The summed E-state index contributed by atoms with van der Waals surface area (Å²) in [5.74, 6) is 0. The van der Waals surface area contributed by atoms with Crippen LogP contribution < -0.4 is 0 Å². The van der Waals surface area contributed by atoms with Gasteiger partial charge < -0.3 is 4.40 Å². The SMILES string of the molecule is CC(C)(C)Cc1cc2c(CC(C)(C)C)cnc3c4cccc5c6ccccc6n(c(c1)c23)c54. The lowest BCUT2D eigenvalue weighted by Gasteiger charge is -2.23. The fraction of sp³-hybridized carbons (Fsp3) is 0.323. The number of fused-ring (bicyclic) bond motifs is 5. The Balaban J connectivity index is 1.87. The van der Waals surface area contributed by atoms with Crippen molar-refractivity contribution in [2.45, 2.75) is 54.4 Å². The van der Waals surface area contributed by atoms with E-state index in [-0.39, 0.29) is 10.8 Å². The van der Waals surface area contributed by atoms with Crippen LogP contribution in [0.2, 0.25) is 0 Å². The summed E-state index contributed by atoms with van der Waals surface area (Å²) in [6.07, 6.45) is 4.20. The molecule has 0 aliphatic heterocycles. The van der Waals surface area contributed by atoms with Gasteiger partial charge in [-0.3, -0.25) is 4.98 Å². The summed E-state index contributed by atoms with van der Waals surface area (Å²) in [7, 11) is 0. The number of benzene rings is 3. The molecular formula is C31H32N2. The molecule has 3 heterocycles. The molecule has 0 saturated carbocycles. The van der Waals surface area contributed by atoms with Gasteiger partial charge in [0, 0.05) is 27.7 Å². The molecule has 0 saturated heterocycles. The Labute approximate surface area is 195 Å². The molecule has 0 bridgehead atoms. The van der Waals surface area contributed by atoms with Crippen molar-refractivity contribution in [3.63, 3.8) is 0 Å². The van der Waals surface area contributed by atoms with Gasteiger partial charge in [0.1, 0.15) is 0 Å². The quantitative estimate of drug-likeness (QED) is 0.198. The average molecular weight is 433 g/mol. The summed E-state index contributed by atoms with van der Waals surface area (Å²) in [6, 6.07) is 20.4. The third kappa shape index (κ3) is 3.19. The summed E-state index contributed by atoms with van der Waals surface area (Å²) >= 11 is 0. The van der Waals surface area contributed by atoms with E-state index in [1.54, 1.807) is 0 Å². The van der Waals surface area contributed by atoms with E-state index in [1.807, 2.05) is 0 Å². The molecule has 0 atom stereocenters. The van der Waals surface area contributed by atoms with E-state index in [9.17, 15) is 0 Å². The van der Waals surface area contributed by atoms with Gasteiger partial charge in [-0.2, -0.15) is 0 Å². The van der Waals surface area contributed by atoms with Crippen molar-refractivity contribution in [1.82, 2.24) is 9.38 Å². The first kappa shape index (κ1) is 20.5. The largest absolute Gasteiger partial charge is 0.308 e. The Morgan fingerprint density at radius 3 is 2.15 bits per heavy atom. The maximum atomic E-state index is 5.11. The highest BCUT2D eigenvalue weighted by Gasteiger charge is 2.22. The van der Waals surface area contributed by atoms with E-state index in [0.717, 1.165) is 18.4 Å². The van der Waals surface area contributed by atoms with E-state index in [1.165, 1.54) is 54.6 Å². The van der Waals surface area contributed by atoms with Gasteiger partial charge in [-0.15, -0.1) is 0 Å². The zero-order chi connectivity index (χ0) is 23.1. The minimum Gasteiger partial charge on any atom is -0.308 e. The van der Waals surface area contributed by atoms with Crippen LogP contribution in [0.5, 0.6) is 0 Å². The first-order chi connectivity index (χ1) is 15.6. The summed E-state index contributed by atoms with van der Waals surface area (Å²) in [6.45, 7) is 13.9. The molecule has 0 aliphatic carbocycles. The Morgan fingerprint density at radius 1 is 0.697 bits per heavy atom. The van der Waals surface area contributed by atoms with Crippen LogP contribution in [-0.4, -0.2) is 9.38 Å². The highest BCUT2D eigenvalue weighted by atomic mass is 14.9. The molecule has 0 fully saturated rings. The number of para-hydroxylation sites is 2. The Morgan fingerprint density at radius 2 is 1.39 bits per heavy atom. The van der Waals surface area contributed by atoms with Gasteiger partial charge >= 0.3 is 0 Å². The second-order valence-electron chi connectivity index (χ2n) is 12.2. The molecule has 0 radical (unpaired) electrons. The van der Waals surface area contributed by atoms with Crippen molar-refractivity contribution in [2.75, 3.05) is 0 Å². The first-order valence-corrected chi connectivity index (χ1v) is 12.1. The molecule has 3 aromatic heterocycles. The molecule has 166 valence electrons. The summed E-state index contributed by atoms with van der Waals surface area (Å²) in [5, 5.41) is 6.53. The predicted molar refractivity (Wildman–Crippen MR) is 143 cm³/mol. The number of aromatic nitrogens is 2. The van der Waals surface area contributed by atoms with E-state index in [4.69, 9.17) is 4.98 Å². The Bertz CT molecular complexity index is 1670. The molecule has 2 heteroatoms. The lowest BCUT2D eigenvalue weighted by Crippen LogP contribution is -2.12. The molecule has 0 amide bonds. The Kier molecular flexibility index (Phi) is 4.15. The third-order valence-corrected chi connectivity index (χ3v) is 6.76. The van der Waals surface area contributed by atoms with Gasteiger partial charge in [-0.25, -0.2) is 0 Å². The number of rotatable bonds is 2. The van der Waals surface area contributed by atoms with E-state index < -0.39 is 0 Å². The molecule has 33 heavy (non-hydrogen) atoms. The molecule has 2 nitrogen and oxygen atoms in total. The highest BCUT2D eigenvalue weighted by molar-refractivity contribution is 6.26. The van der Waals surface area contributed by atoms with Crippen LogP contribution in [0.3, 0.4) is 0 Å². The molecule has 6 aromatic rings. The minimum absolute atomic E-state index is 0.200. The normalized spacial score (nSPS) is 13.4. The lowest BCUT2D eigenvalue weighted by molar-refractivity contribution is 0.410. The molecule has 3 aromatic carbocycles. The van der Waals surface area contributed by atoms with Crippen LogP contribution in [-0.2, 0) is 12.8 Å². The summed E-state index contributed by atoms with van der Waals surface area (Å²) < 4.78 is 2.50. The maximum Gasteiger partial charge on any atom is 0.0822 e. The van der Waals surface area contributed by atoms with Crippen LogP contribution in [0.4, 0.5) is 0 Å². The number of hydrogen-bond donors (Lipinski definition) is 0. The number of pyridine rings is 2. The molecule has 0 N–H and O–H groups in total. The van der Waals surface area contributed by atoms with Gasteiger partial charge in [-0.05, 0) is 52.3 Å². The van der Waals surface area contributed by atoms with Gasteiger partial charge in [-0.1, -0.05) is 84.0 Å². The van der Waals surface area contributed by atoms with E-state index >= 15 is 0 Å². The van der Waals surface area contributed by atoms with Crippen LogP contribution in [0.25, 0.3) is 49.0 Å². The van der Waals surface area contributed by atoms with Crippen molar-refractivity contribution in [3.8, 4) is 0 Å². The number of hydrogen-bond acceptors (Lipinski definition) is 1. The second-order valence-corrected chi connectivity index (χ2v) is 12.2. The molecule has 6 rings (SSSR count). The van der Waals surface area contributed by atoms with E-state index in [0.29, 0.717) is 0 Å². The first-order valence-electron chi connectivity index (χ1n) is 12.1. The fourth-order valence-corrected chi connectivity index (χ4v) is 5.73. The molecule has 0 aliphatic rings. The van der Waals surface area contributed by atoms with Gasteiger partial charge in [0.05, 0.1) is 22.1 Å². The maximum absolute atomic E-state index is 5.11. The van der Waals surface area contributed by atoms with Crippen LogP contribution in [0.15, 0.2) is 60.8 Å². The zero-order valence-corrected chi connectivity index (χ0v) is 20.6. The van der Waals surface area contributed by atoms with Gasteiger partial charge in [0.15, 0.2) is 0 Å². The smallest absolute Gasteiger partial charge is 0.0822 e. The molecular weight excluding hydrogens is 400 g/mol. The summed E-state index contributed by atoms with van der Waals surface area (Å²) in [5.41, 5.74) is 8.16. The number of nitrogens with zero attached hydrogens (tertiary/aromatic N) is 2. The lowest BCUT2D eigenvalue weighted by atomic mass is 9.84. The van der Waals surface area contributed by atoms with Crippen molar-refractivity contribution in [3.05, 3.63) is 71.9 Å². The van der Waals surface area contributed by atoms with Crippen LogP contribution >= 0.6 is 0 Å². The highest BCUT2D eigenvalue weighted by Crippen LogP contribution is 2.42. The van der Waals surface area contributed by atoms with Crippen molar-refractivity contribution >= 4 is 49.0 Å². The Hall–Kier alpha value is -3.13. The zero-order valence-electron chi connectivity index (χ0n) is 20.6. The molecule has 0 spiro atoms. The van der Waals surface area contributed by atoms with Gasteiger partial charge in [0.25, 0.3) is 0 Å².